The molecule has 2 N–H and O–H groups in total. The molecule has 0 saturated heterocycles. The summed E-state index contributed by atoms with van der Waals surface area (Å²) in [6, 6.07) is 3.48. The Kier molecular flexibility index (Phi) is 5.18. The number of ether oxygens (including phenoxy) is 1. The van der Waals surface area contributed by atoms with E-state index in [0.29, 0.717) is 12.1 Å². The van der Waals surface area contributed by atoms with E-state index in [1.807, 2.05) is 0 Å². The van der Waals surface area contributed by atoms with E-state index in [4.69, 9.17) is 10.5 Å². The van der Waals surface area contributed by atoms with Gasteiger partial charge in [-0.3, -0.25) is 4.90 Å². The molecule has 1 saturated carbocycles. The molecule has 102 valence electrons. The zero-order chi connectivity index (χ0) is 13.0. The van der Waals surface area contributed by atoms with Crippen molar-refractivity contribution in [3.63, 3.8) is 0 Å². The number of rotatable bonds is 8. The second-order valence-corrected chi connectivity index (χ2v) is 5.82. The molecule has 0 amide bonds. The van der Waals surface area contributed by atoms with Crippen molar-refractivity contribution in [1.29, 1.82) is 0 Å². The number of hydrogen-bond acceptors (Lipinski definition) is 4. The van der Waals surface area contributed by atoms with Gasteiger partial charge in [-0.15, -0.1) is 0 Å². The zero-order valence-corrected chi connectivity index (χ0v) is 12.2. The molecular weight excluding hydrogens is 244 g/mol. The maximum atomic E-state index is 6.37. The van der Waals surface area contributed by atoms with Crippen LogP contribution in [0.5, 0.6) is 0 Å². The summed E-state index contributed by atoms with van der Waals surface area (Å²) in [7, 11) is 1.77. The lowest BCUT2D eigenvalue weighted by Crippen LogP contribution is -2.43. The number of methoxy groups -OCH3 is 1. The first kappa shape index (κ1) is 14.0. The molecule has 3 nitrogen and oxygen atoms in total. The minimum Gasteiger partial charge on any atom is -0.383 e. The highest BCUT2D eigenvalue weighted by molar-refractivity contribution is 7.07. The maximum Gasteiger partial charge on any atom is 0.0590 e. The molecule has 0 bridgehead atoms. The zero-order valence-electron chi connectivity index (χ0n) is 11.3. The lowest BCUT2D eigenvalue weighted by molar-refractivity contribution is 0.101. The van der Waals surface area contributed by atoms with E-state index in [-0.39, 0.29) is 6.04 Å². The van der Waals surface area contributed by atoms with Crippen molar-refractivity contribution in [3.05, 3.63) is 22.4 Å². The molecule has 1 aliphatic rings. The Bertz CT molecular complexity index is 338. The van der Waals surface area contributed by atoms with Crippen LogP contribution < -0.4 is 5.73 Å². The van der Waals surface area contributed by atoms with Crippen LogP contribution >= 0.6 is 11.3 Å². The summed E-state index contributed by atoms with van der Waals surface area (Å²) in [5, 5.41) is 4.38. The molecule has 2 rings (SSSR count). The Morgan fingerprint density at radius 3 is 2.83 bits per heavy atom. The Balaban J connectivity index is 2.14. The lowest BCUT2D eigenvalue weighted by atomic mass is 9.98. The molecule has 1 aromatic rings. The Morgan fingerprint density at radius 1 is 1.56 bits per heavy atom. The van der Waals surface area contributed by atoms with Gasteiger partial charge in [-0.25, -0.2) is 0 Å². The van der Waals surface area contributed by atoms with Crippen LogP contribution in [0.25, 0.3) is 0 Å². The third-order valence-corrected chi connectivity index (χ3v) is 4.39. The minimum absolute atomic E-state index is 0.206. The van der Waals surface area contributed by atoms with Gasteiger partial charge in [0.05, 0.1) is 12.6 Å². The summed E-state index contributed by atoms with van der Waals surface area (Å²) < 4.78 is 5.25. The van der Waals surface area contributed by atoms with Gasteiger partial charge in [-0.05, 0) is 41.7 Å². The molecule has 2 atom stereocenters. The average Bonchev–Trinajstić information content (AvgIpc) is 3.09. The first-order valence-electron chi connectivity index (χ1n) is 6.80. The van der Waals surface area contributed by atoms with Crippen molar-refractivity contribution < 1.29 is 4.74 Å². The largest absolute Gasteiger partial charge is 0.383 e. The van der Waals surface area contributed by atoms with Crippen LogP contribution in [0.15, 0.2) is 16.8 Å². The molecule has 0 aromatic carbocycles. The molecule has 1 aromatic heterocycles. The van der Waals surface area contributed by atoms with Crippen LogP contribution in [0, 0.1) is 0 Å². The van der Waals surface area contributed by atoms with E-state index in [9.17, 15) is 0 Å². The molecule has 4 heteroatoms. The van der Waals surface area contributed by atoms with Crippen molar-refractivity contribution in [2.75, 3.05) is 20.3 Å². The van der Waals surface area contributed by atoms with Gasteiger partial charge in [0.1, 0.15) is 0 Å². The third kappa shape index (κ3) is 3.32. The van der Waals surface area contributed by atoms with Crippen LogP contribution in [0.4, 0.5) is 0 Å². The van der Waals surface area contributed by atoms with E-state index in [1.54, 1.807) is 18.4 Å². The molecule has 1 heterocycles. The number of nitrogens with two attached hydrogens (primary N) is 1. The average molecular weight is 268 g/mol. The van der Waals surface area contributed by atoms with Crippen LogP contribution in [-0.2, 0) is 4.74 Å². The molecule has 0 aliphatic heterocycles. The fraction of sp³-hybridized carbons (Fsp3) is 0.714. The van der Waals surface area contributed by atoms with Gasteiger partial charge in [0.25, 0.3) is 0 Å². The monoisotopic (exact) mass is 268 g/mol. The quantitative estimate of drug-likeness (QED) is 0.787. The smallest absolute Gasteiger partial charge is 0.0590 e. The van der Waals surface area contributed by atoms with Crippen LogP contribution in [0.3, 0.4) is 0 Å². The van der Waals surface area contributed by atoms with E-state index >= 15 is 0 Å². The minimum atomic E-state index is 0.206. The lowest BCUT2D eigenvalue weighted by Gasteiger charge is -2.35. The maximum absolute atomic E-state index is 6.37. The van der Waals surface area contributed by atoms with Gasteiger partial charge in [-0.1, -0.05) is 6.92 Å². The number of hydrogen-bond donors (Lipinski definition) is 1. The van der Waals surface area contributed by atoms with Gasteiger partial charge in [0.15, 0.2) is 0 Å². The van der Waals surface area contributed by atoms with E-state index in [1.165, 1.54) is 18.4 Å². The summed E-state index contributed by atoms with van der Waals surface area (Å²) in [5.74, 6) is 0. The van der Waals surface area contributed by atoms with Gasteiger partial charge in [-0.2, -0.15) is 11.3 Å². The van der Waals surface area contributed by atoms with Crippen molar-refractivity contribution in [3.8, 4) is 0 Å². The fourth-order valence-corrected chi connectivity index (χ4v) is 3.19. The Hall–Kier alpha value is -0.420. The highest BCUT2D eigenvalue weighted by Gasteiger charge is 2.36. The summed E-state index contributed by atoms with van der Waals surface area (Å²) in [6.45, 7) is 3.94. The predicted octanol–water partition coefficient (Wildman–Crippen LogP) is 2.64. The molecule has 0 spiro atoms. The molecule has 1 fully saturated rings. The van der Waals surface area contributed by atoms with Crippen molar-refractivity contribution >= 4 is 11.3 Å². The second-order valence-electron chi connectivity index (χ2n) is 5.04. The molecular formula is C14H24N2OS. The van der Waals surface area contributed by atoms with E-state index in [2.05, 4.69) is 28.7 Å². The Labute approximate surface area is 114 Å². The SMILES string of the molecule is CCC(N)C(c1ccsc1)N(CCOC)C1CC1. The summed E-state index contributed by atoms with van der Waals surface area (Å²) in [5.41, 5.74) is 7.74. The van der Waals surface area contributed by atoms with E-state index < -0.39 is 0 Å². The van der Waals surface area contributed by atoms with Crippen LogP contribution in [0.1, 0.15) is 37.8 Å². The first-order valence-corrected chi connectivity index (χ1v) is 7.74. The van der Waals surface area contributed by atoms with Gasteiger partial charge in [0, 0.05) is 25.7 Å². The van der Waals surface area contributed by atoms with Gasteiger partial charge in [0.2, 0.25) is 0 Å². The van der Waals surface area contributed by atoms with Crippen molar-refractivity contribution in [2.45, 2.75) is 44.3 Å². The highest BCUT2D eigenvalue weighted by atomic mass is 32.1. The first-order chi connectivity index (χ1) is 8.77. The Morgan fingerprint density at radius 2 is 2.33 bits per heavy atom. The molecule has 18 heavy (non-hydrogen) atoms. The van der Waals surface area contributed by atoms with Gasteiger partial charge >= 0.3 is 0 Å². The molecule has 2 unspecified atom stereocenters. The molecule has 1 aliphatic carbocycles. The standard InChI is InChI=1S/C14H24N2OS/c1-3-13(15)14(11-6-9-18-10-11)16(7-8-17-2)12-4-5-12/h6,9-10,12-14H,3-5,7-8,15H2,1-2H3. The predicted molar refractivity (Wildman–Crippen MR) is 76.9 cm³/mol. The number of nitrogens with zero attached hydrogens (tertiary/aromatic N) is 1. The summed E-state index contributed by atoms with van der Waals surface area (Å²) in [6.07, 6.45) is 3.62. The van der Waals surface area contributed by atoms with Crippen LogP contribution in [0.2, 0.25) is 0 Å². The summed E-state index contributed by atoms with van der Waals surface area (Å²) >= 11 is 1.76. The van der Waals surface area contributed by atoms with Crippen LogP contribution in [-0.4, -0.2) is 37.2 Å². The summed E-state index contributed by atoms with van der Waals surface area (Å²) in [4.78, 5) is 2.56. The molecule has 0 radical (unpaired) electrons. The fourth-order valence-electron chi connectivity index (χ4n) is 2.50. The normalized spacial score (nSPS) is 19.1. The van der Waals surface area contributed by atoms with Crippen molar-refractivity contribution in [2.24, 2.45) is 5.73 Å². The third-order valence-electron chi connectivity index (χ3n) is 3.69. The van der Waals surface area contributed by atoms with Crippen molar-refractivity contribution in [1.82, 2.24) is 4.90 Å². The topological polar surface area (TPSA) is 38.5 Å². The second kappa shape index (κ2) is 6.66. The van der Waals surface area contributed by atoms with E-state index in [0.717, 1.165) is 19.6 Å². The number of thiophene rings is 1. The highest BCUT2D eigenvalue weighted by Crippen LogP contribution is 2.36. The van der Waals surface area contributed by atoms with Gasteiger partial charge < -0.3 is 10.5 Å².